The lowest BCUT2D eigenvalue weighted by molar-refractivity contribution is -0.0504. The van der Waals surface area contributed by atoms with E-state index in [1.54, 1.807) is 30.0 Å². The zero-order chi connectivity index (χ0) is 21.2. The molecule has 2 rings (SSSR count). The molecule has 0 aliphatic heterocycles. The average molecular weight is 427 g/mol. The highest BCUT2D eigenvalue weighted by Gasteiger charge is 2.11. The van der Waals surface area contributed by atoms with Gasteiger partial charge in [-0.05, 0) is 38.3 Å². The minimum Gasteiger partial charge on any atom is -0.434 e. The number of benzene rings is 1. The van der Waals surface area contributed by atoms with Crippen molar-refractivity contribution >= 4 is 17.7 Å². The molecule has 7 nitrogen and oxygen atoms in total. The highest BCUT2D eigenvalue weighted by Crippen LogP contribution is 2.22. The summed E-state index contributed by atoms with van der Waals surface area (Å²) in [7, 11) is 1.90. The Labute approximate surface area is 174 Å². The van der Waals surface area contributed by atoms with Gasteiger partial charge in [0.15, 0.2) is 11.8 Å². The number of guanidine groups is 1. The zero-order valence-electron chi connectivity index (χ0n) is 17.2. The van der Waals surface area contributed by atoms with Gasteiger partial charge in [-0.15, -0.1) is 10.2 Å². The van der Waals surface area contributed by atoms with Gasteiger partial charge in [0.2, 0.25) is 0 Å². The fourth-order valence-electron chi connectivity index (χ4n) is 2.57. The number of aryl methyl sites for hydroxylation is 2. The average Bonchev–Trinajstić information content (AvgIpc) is 3.00. The third kappa shape index (κ3) is 7.52. The Bertz CT molecular complexity index is 812. The van der Waals surface area contributed by atoms with Crippen molar-refractivity contribution in [3.05, 3.63) is 41.0 Å². The Morgan fingerprint density at radius 3 is 2.72 bits per heavy atom. The maximum atomic E-state index is 12.7. The second-order valence-electron chi connectivity index (χ2n) is 6.50. The molecular formula is C19H28F2N6OS. The summed E-state index contributed by atoms with van der Waals surface area (Å²) < 4.78 is 31.9. The Morgan fingerprint density at radius 1 is 1.28 bits per heavy atom. The van der Waals surface area contributed by atoms with Gasteiger partial charge in [-0.25, -0.2) is 4.99 Å². The number of aromatic nitrogens is 3. The van der Waals surface area contributed by atoms with Crippen molar-refractivity contribution in [2.45, 2.75) is 40.0 Å². The molecule has 0 amide bonds. The lowest BCUT2D eigenvalue weighted by atomic mass is 10.1. The molecule has 0 aliphatic rings. The van der Waals surface area contributed by atoms with Gasteiger partial charge in [0.1, 0.15) is 11.6 Å². The number of alkyl halides is 2. The normalized spacial score (nSPS) is 11.8. The van der Waals surface area contributed by atoms with E-state index in [4.69, 9.17) is 0 Å². The third-order valence-electron chi connectivity index (χ3n) is 4.25. The topological polar surface area (TPSA) is 76.4 Å². The highest BCUT2D eigenvalue weighted by atomic mass is 32.2. The molecule has 2 N–H and O–H groups in total. The fraction of sp³-hybridized carbons (Fsp3) is 0.526. The molecule has 0 saturated carbocycles. The molecule has 160 valence electrons. The van der Waals surface area contributed by atoms with Crippen LogP contribution >= 0.6 is 11.8 Å². The minimum atomic E-state index is -2.87. The molecule has 0 fully saturated rings. The Kier molecular flexibility index (Phi) is 9.17. The number of hydrogen-bond acceptors (Lipinski definition) is 5. The SMILES string of the molecule is CSCCCNC(=NCc1cc(C)ccc1OC(F)F)NCc1nnc(C)n1C. The first-order chi connectivity index (χ1) is 13.9. The molecule has 0 bridgehead atoms. The van der Waals surface area contributed by atoms with Crippen molar-refractivity contribution in [1.29, 1.82) is 0 Å². The van der Waals surface area contributed by atoms with Crippen molar-refractivity contribution in [3.8, 4) is 5.75 Å². The highest BCUT2D eigenvalue weighted by molar-refractivity contribution is 7.98. The van der Waals surface area contributed by atoms with Crippen LogP contribution in [-0.2, 0) is 20.1 Å². The van der Waals surface area contributed by atoms with E-state index in [2.05, 4.69) is 36.8 Å². The van der Waals surface area contributed by atoms with E-state index in [0.29, 0.717) is 18.1 Å². The van der Waals surface area contributed by atoms with Gasteiger partial charge >= 0.3 is 6.61 Å². The van der Waals surface area contributed by atoms with E-state index in [1.807, 2.05) is 25.5 Å². The first-order valence-corrected chi connectivity index (χ1v) is 10.7. The van der Waals surface area contributed by atoms with Crippen LogP contribution in [0.5, 0.6) is 5.75 Å². The molecule has 0 aliphatic carbocycles. The summed E-state index contributed by atoms with van der Waals surface area (Å²) in [6.45, 7) is 2.31. The molecule has 2 aromatic rings. The summed E-state index contributed by atoms with van der Waals surface area (Å²) in [4.78, 5) is 4.56. The van der Waals surface area contributed by atoms with E-state index in [9.17, 15) is 8.78 Å². The van der Waals surface area contributed by atoms with Gasteiger partial charge < -0.3 is 19.9 Å². The van der Waals surface area contributed by atoms with Crippen LogP contribution in [0.15, 0.2) is 23.2 Å². The molecule has 10 heteroatoms. The quantitative estimate of drug-likeness (QED) is 0.346. The number of thioether (sulfide) groups is 1. The largest absolute Gasteiger partial charge is 0.434 e. The van der Waals surface area contributed by atoms with Crippen LogP contribution in [0.25, 0.3) is 0 Å². The smallest absolute Gasteiger partial charge is 0.387 e. The van der Waals surface area contributed by atoms with Crippen LogP contribution in [0.4, 0.5) is 8.78 Å². The summed E-state index contributed by atoms with van der Waals surface area (Å²) in [5, 5.41) is 14.7. The maximum Gasteiger partial charge on any atom is 0.387 e. The molecule has 0 radical (unpaired) electrons. The molecule has 0 unspecified atom stereocenters. The third-order valence-corrected chi connectivity index (χ3v) is 4.95. The van der Waals surface area contributed by atoms with Gasteiger partial charge in [0, 0.05) is 19.2 Å². The molecule has 1 aromatic heterocycles. The second kappa shape index (κ2) is 11.6. The van der Waals surface area contributed by atoms with Crippen LogP contribution in [0.2, 0.25) is 0 Å². The maximum absolute atomic E-state index is 12.7. The Balaban J connectivity index is 2.11. The van der Waals surface area contributed by atoms with Crippen molar-refractivity contribution in [2.75, 3.05) is 18.6 Å². The molecule has 0 saturated heterocycles. The molecule has 1 heterocycles. The van der Waals surface area contributed by atoms with Gasteiger partial charge in [-0.2, -0.15) is 20.5 Å². The summed E-state index contributed by atoms with van der Waals surface area (Å²) in [6, 6.07) is 5.09. The van der Waals surface area contributed by atoms with Crippen LogP contribution in [0, 0.1) is 13.8 Å². The molecule has 0 spiro atoms. The number of rotatable bonds is 10. The first kappa shape index (κ1) is 22.9. The summed E-state index contributed by atoms with van der Waals surface area (Å²) >= 11 is 1.78. The Morgan fingerprint density at radius 2 is 2.07 bits per heavy atom. The summed E-state index contributed by atoms with van der Waals surface area (Å²) in [5.41, 5.74) is 1.55. The standard InChI is InChI=1S/C19H28F2N6OS/c1-13-6-7-16(28-18(20)21)15(10-13)11-23-19(22-8-5-9-29-4)24-12-17-26-25-14(2)27(17)3/h6-7,10,18H,5,8-9,11-12H2,1-4H3,(H2,22,23,24). The second-order valence-corrected chi connectivity index (χ2v) is 7.49. The summed E-state index contributed by atoms with van der Waals surface area (Å²) in [5.74, 6) is 3.35. The van der Waals surface area contributed by atoms with Crippen molar-refractivity contribution in [1.82, 2.24) is 25.4 Å². The van der Waals surface area contributed by atoms with Crippen molar-refractivity contribution in [3.63, 3.8) is 0 Å². The van der Waals surface area contributed by atoms with Crippen molar-refractivity contribution < 1.29 is 13.5 Å². The van der Waals surface area contributed by atoms with Crippen LogP contribution < -0.4 is 15.4 Å². The molecule has 29 heavy (non-hydrogen) atoms. The number of aliphatic imine (C=N–C) groups is 1. The van der Waals surface area contributed by atoms with E-state index in [1.165, 1.54) is 0 Å². The lowest BCUT2D eigenvalue weighted by Gasteiger charge is -2.14. The van der Waals surface area contributed by atoms with Gasteiger partial charge in [-0.3, -0.25) is 0 Å². The lowest BCUT2D eigenvalue weighted by Crippen LogP contribution is -2.38. The van der Waals surface area contributed by atoms with E-state index in [0.717, 1.165) is 35.9 Å². The van der Waals surface area contributed by atoms with Gasteiger partial charge in [-0.1, -0.05) is 17.7 Å². The predicted molar refractivity (Wildman–Crippen MR) is 113 cm³/mol. The number of nitrogens with one attached hydrogen (secondary N) is 2. The van der Waals surface area contributed by atoms with E-state index in [-0.39, 0.29) is 12.3 Å². The zero-order valence-corrected chi connectivity index (χ0v) is 18.0. The first-order valence-electron chi connectivity index (χ1n) is 9.31. The van der Waals surface area contributed by atoms with Crippen LogP contribution in [0.1, 0.15) is 29.2 Å². The Hall–Kier alpha value is -2.36. The van der Waals surface area contributed by atoms with Crippen molar-refractivity contribution in [2.24, 2.45) is 12.0 Å². The predicted octanol–water partition coefficient (Wildman–Crippen LogP) is 3.02. The molecular weight excluding hydrogens is 398 g/mol. The van der Waals surface area contributed by atoms with Gasteiger partial charge in [0.05, 0.1) is 13.1 Å². The minimum absolute atomic E-state index is 0.139. The van der Waals surface area contributed by atoms with E-state index >= 15 is 0 Å². The fourth-order valence-corrected chi connectivity index (χ4v) is 3.01. The number of halogens is 2. The number of nitrogens with zero attached hydrogens (tertiary/aromatic N) is 4. The number of hydrogen-bond donors (Lipinski definition) is 2. The van der Waals surface area contributed by atoms with Crippen LogP contribution in [-0.4, -0.2) is 45.9 Å². The van der Waals surface area contributed by atoms with Crippen LogP contribution in [0.3, 0.4) is 0 Å². The summed E-state index contributed by atoms with van der Waals surface area (Å²) in [6.07, 6.45) is 3.04. The van der Waals surface area contributed by atoms with Gasteiger partial charge in [0.25, 0.3) is 0 Å². The van der Waals surface area contributed by atoms with E-state index < -0.39 is 6.61 Å². The number of ether oxygens (including phenoxy) is 1. The monoisotopic (exact) mass is 426 g/mol. The molecule has 0 atom stereocenters. The molecule has 1 aromatic carbocycles.